The number of ketones is 1. The molecule has 1 N–H and O–H groups in total. The van der Waals surface area contributed by atoms with Gasteiger partial charge in [0, 0.05) is 16.7 Å². The Morgan fingerprint density at radius 3 is 2.70 bits per heavy atom. The third kappa shape index (κ3) is 2.75. The topological polar surface area (TPSA) is 46.2 Å². The van der Waals surface area contributed by atoms with Gasteiger partial charge in [-0.15, -0.1) is 0 Å². The van der Waals surface area contributed by atoms with Gasteiger partial charge in [0.15, 0.2) is 17.1 Å². The van der Waals surface area contributed by atoms with Crippen molar-refractivity contribution in [3.63, 3.8) is 0 Å². The van der Waals surface area contributed by atoms with Crippen LogP contribution in [0.4, 0.5) is 13.2 Å². The number of halogens is 4. The normalized spacial score (nSPS) is 33.8. The van der Waals surface area contributed by atoms with Crippen molar-refractivity contribution in [3.05, 3.63) is 23.4 Å². The average molecular weight is 308 g/mol. The van der Waals surface area contributed by atoms with Crippen molar-refractivity contribution < 1.29 is 22.8 Å². The van der Waals surface area contributed by atoms with E-state index >= 15 is 0 Å². The van der Waals surface area contributed by atoms with E-state index in [0.717, 1.165) is 0 Å². The van der Waals surface area contributed by atoms with Crippen LogP contribution in [0.25, 0.3) is 0 Å². The molecule has 3 nitrogen and oxygen atoms in total. The Morgan fingerprint density at radius 2 is 2.15 bits per heavy atom. The molecule has 0 aromatic rings. The second-order valence-corrected chi connectivity index (χ2v) is 6.04. The molecule has 0 aromatic heterocycles. The number of allylic oxidation sites excluding steroid dienone is 3. The van der Waals surface area contributed by atoms with Gasteiger partial charge in [-0.05, 0) is 25.0 Å². The maximum absolute atomic E-state index is 12.6. The molecule has 20 heavy (non-hydrogen) atoms. The summed E-state index contributed by atoms with van der Waals surface area (Å²) < 4.78 is 37.8. The van der Waals surface area contributed by atoms with E-state index in [0.29, 0.717) is 12.0 Å². The maximum Gasteiger partial charge on any atom is 0.390 e. The van der Waals surface area contributed by atoms with Gasteiger partial charge in [-0.1, -0.05) is 18.5 Å². The fraction of sp³-hybridized carbons (Fsp3) is 0.538. The molecule has 0 spiro atoms. The van der Waals surface area contributed by atoms with Gasteiger partial charge in [0.2, 0.25) is 0 Å². The fourth-order valence-corrected chi connectivity index (χ4v) is 2.75. The van der Waals surface area contributed by atoms with E-state index in [1.54, 1.807) is 0 Å². The van der Waals surface area contributed by atoms with Crippen LogP contribution in [0.1, 0.15) is 26.2 Å². The Labute approximate surface area is 118 Å². The molecule has 1 aliphatic heterocycles. The van der Waals surface area contributed by atoms with E-state index in [-0.39, 0.29) is 18.4 Å². The number of hydrogen-bond acceptors (Lipinski definition) is 3. The summed E-state index contributed by atoms with van der Waals surface area (Å²) in [5.74, 6) is -0.565. The molecular formula is C13H13ClF3NO2. The highest BCUT2D eigenvalue weighted by Crippen LogP contribution is 2.44. The zero-order valence-corrected chi connectivity index (χ0v) is 11.4. The summed E-state index contributed by atoms with van der Waals surface area (Å²) in [6.45, 7) is 1.32. The lowest BCUT2D eigenvalue weighted by molar-refractivity contribution is -0.165. The molecule has 1 aliphatic carbocycles. The van der Waals surface area contributed by atoms with E-state index in [2.05, 4.69) is 5.32 Å². The molecule has 0 saturated carbocycles. The van der Waals surface area contributed by atoms with Gasteiger partial charge in [0.05, 0.1) is 6.42 Å². The van der Waals surface area contributed by atoms with Gasteiger partial charge in [-0.25, -0.2) is 0 Å². The van der Waals surface area contributed by atoms with Crippen LogP contribution < -0.4 is 5.32 Å². The number of aldehydes is 1. The first-order valence-corrected chi connectivity index (χ1v) is 6.44. The largest absolute Gasteiger partial charge is 0.390 e. The first-order valence-electron chi connectivity index (χ1n) is 6.06. The van der Waals surface area contributed by atoms with E-state index in [1.165, 1.54) is 19.1 Å². The molecule has 2 unspecified atom stereocenters. The van der Waals surface area contributed by atoms with E-state index < -0.39 is 28.8 Å². The van der Waals surface area contributed by atoms with Gasteiger partial charge in [-0.2, -0.15) is 13.2 Å². The van der Waals surface area contributed by atoms with Gasteiger partial charge >= 0.3 is 6.18 Å². The molecule has 1 heterocycles. The summed E-state index contributed by atoms with van der Waals surface area (Å²) in [6, 6.07) is 0. The fourth-order valence-electron chi connectivity index (χ4n) is 2.57. The highest BCUT2D eigenvalue weighted by atomic mass is 35.5. The molecule has 2 atom stereocenters. The lowest BCUT2D eigenvalue weighted by Gasteiger charge is -2.38. The Hall–Kier alpha value is -1.30. The zero-order chi connectivity index (χ0) is 15.2. The number of nitrogens with one attached hydrogen (secondary N) is 1. The molecule has 0 radical (unpaired) electrons. The first-order chi connectivity index (χ1) is 9.09. The van der Waals surface area contributed by atoms with E-state index in [4.69, 9.17) is 11.6 Å². The van der Waals surface area contributed by atoms with Crippen molar-refractivity contribution in [2.24, 2.45) is 5.41 Å². The number of dihydropyridines is 1. The molecular weight excluding hydrogens is 295 g/mol. The molecule has 7 heteroatoms. The van der Waals surface area contributed by atoms with Gasteiger partial charge in [0.1, 0.15) is 0 Å². The van der Waals surface area contributed by atoms with Gasteiger partial charge in [0.25, 0.3) is 0 Å². The SMILES string of the molecule is CC1(CC(F)(F)F)CCC2=C(C=CC(Cl)(C=O)N2)C1=O. The number of Topliss-reactive ketones (excluding diaryl/α,β-unsaturated/α-hetero) is 1. The van der Waals surface area contributed by atoms with Crippen LogP contribution in [0.3, 0.4) is 0 Å². The minimum absolute atomic E-state index is 0.0663. The summed E-state index contributed by atoms with van der Waals surface area (Å²) in [6.07, 6.45) is -2.14. The molecule has 0 fully saturated rings. The smallest absolute Gasteiger partial charge is 0.360 e. The maximum atomic E-state index is 12.6. The highest BCUT2D eigenvalue weighted by Gasteiger charge is 2.48. The van der Waals surface area contributed by atoms with Crippen molar-refractivity contribution in [3.8, 4) is 0 Å². The standard InChI is InChI=1S/C13H13ClF3NO2/c1-11(6-13(15,16)17)4-3-9-8(10(11)20)2-5-12(14,7-19)18-9/h2,5,7,18H,3-4,6H2,1H3. The predicted octanol–water partition coefficient (Wildman–Crippen LogP) is 2.86. The summed E-state index contributed by atoms with van der Waals surface area (Å²) in [7, 11) is 0. The molecule has 0 aromatic carbocycles. The number of alkyl halides is 4. The lowest BCUT2D eigenvalue weighted by atomic mass is 9.70. The third-order valence-electron chi connectivity index (χ3n) is 3.64. The van der Waals surface area contributed by atoms with Crippen LogP contribution in [0.2, 0.25) is 0 Å². The van der Waals surface area contributed by atoms with Crippen molar-refractivity contribution in [1.29, 1.82) is 0 Å². The number of carbonyl (C=O) groups is 2. The Kier molecular flexibility index (Phi) is 3.48. The van der Waals surface area contributed by atoms with Crippen LogP contribution >= 0.6 is 11.6 Å². The number of carbonyl (C=O) groups excluding carboxylic acids is 2. The number of hydrogen-bond donors (Lipinski definition) is 1. The van der Waals surface area contributed by atoms with E-state index in [9.17, 15) is 22.8 Å². The molecule has 110 valence electrons. The quantitative estimate of drug-likeness (QED) is 0.485. The minimum Gasteiger partial charge on any atom is -0.360 e. The Bertz CT molecular complexity index is 526. The van der Waals surface area contributed by atoms with E-state index in [1.807, 2.05) is 0 Å². The van der Waals surface area contributed by atoms with Crippen molar-refractivity contribution in [1.82, 2.24) is 5.32 Å². The molecule has 2 rings (SSSR count). The predicted molar refractivity (Wildman–Crippen MR) is 67.0 cm³/mol. The average Bonchev–Trinajstić information content (AvgIpc) is 2.32. The summed E-state index contributed by atoms with van der Waals surface area (Å²) in [5, 5.41) is 2.70. The summed E-state index contributed by atoms with van der Waals surface area (Å²) >= 11 is 5.91. The first kappa shape index (κ1) is 15.1. The lowest BCUT2D eigenvalue weighted by Crippen LogP contribution is -2.46. The van der Waals surface area contributed by atoms with Gasteiger partial charge < -0.3 is 5.32 Å². The monoisotopic (exact) mass is 307 g/mol. The highest BCUT2D eigenvalue weighted by molar-refractivity contribution is 6.33. The van der Waals surface area contributed by atoms with Crippen molar-refractivity contribution >= 4 is 23.7 Å². The molecule has 0 amide bonds. The molecule has 0 bridgehead atoms. The van der Waals surface area contributed by atoms with Crippen molar-refractivity contribution in [2.75, 3.05) is 0 Å². The van der Waals surface area contributed by atoms with Gasteiger partial charge in [-0.3, -0.25) is 9.59 Å². The number of rotatable bonds is 2. The van der Waals surface area contributed by atoms with Crippen LogP contribution in [0.15, 0.2) is 23.4 Å². The van der Waals surface area contributed by atoms with Crippen LogP contribution in [0, 0.1) is 5.41 Å². The third-order valence-corrected chi connectivity index (χ3v) is 3.95. The van der Waals surface area contributed by atoms with Crippen LogP contribution in [-0.4, -0.2) is 23.2 Å². The Morgan fingerprint density at radius 1 is 1.50 bits per heavy atom. The van der Waals surface area contributed by atoms with Crippen LogP contribution in [0.5, 0.6) is 0 Å². The second kappa shape index (κ2) is 4.62. The minimum atomic E-state index is -4.40. The summed E-state index contributed by atoms with van der Waals surface area (Å²) in [5.41, 5.74) is -0.850. The summed E-state index contributed by atoms with van der Waals surface area (Å²) in [4.78, 5) is 21.7. The second-order valence-electron chi connectivity index (χ2n) is 5.42. The molecule has 0 saturated heterocycles. The zero-order valence-electron chi connectivity index (χ0n) is 10.7. The van der Waals surface area contributed by atoms with Crippen LogP contribution in [-0.2, 0) is 9.59 Å². The molecule has 2 aliphatic rings. The van der Waals surface area contributed by atoms with Crippen molar-refractivity contribution in [2.45, 2.75) is 37.4 Å². The Balaban J connectivity index is 2.29.